The van der Waals surface area contributed by atoms with Crippen LogP contribution >= 0.6 is 0 Å². The topological polar surface area (TPSA) is 79.9 Å². The lowest BCUT2D eigenvalue weighted by Gasteiger charge is -2.17. The van der Waals surface area contributed by atoms with Crippen molar-refractivity contribution in [2.24, 2.45) is 5.92 Å². The third-order valence-corrected chi connectivity index (χ3v) is 4.76. The quantitative estimate of drug-likeness (QED) is 0.830. The highest BCUT2D eigenvalue weighted by molar-refractivity contribution is 5.89. The fraction of sp³-hybridized carbons (Fsp3) is 0.300. The predicted molar refractivity (Wildman–Crippen MR) is 99.5 cm³/mol. The largest absolute Gasteiger partial charge is 0.454 e. The van der Waals surface area contributed by atoms with Crippen LogP contribution in [0.15, 0.2) is 42.5 Å². The number of nitrogens with zero attached hydrogens (tertiary/aromatic N) is 1. The van der Waals surface area contributed by atoms with Gasteiger partial charge in [0.05, 0.1) is 0 Å². The summed E-state index contributed by atoms with van der Waals surface area (Å²) in [5.74, 6) is 1.02. The maximum atomic E-state index is 13.0. The Balaban J connectivity index is 1.25. The van der Waals surface area contributed by atoms with Crippen molar-refractivity contribution < 1.29 is 23.5 Å². The van der Waals surface area contributed by atoms with E-state index in [0.717, 1.165) is 5.56 Å². The summed E-state index contributed by atoms with van der Waals surface area (Å²) in [6.07, 6.45) is 0.380. The van der Waals surface area contributed by atoms with E-state index in [0.29, 0.717) is 43.2 Å². The number of likely N-dealkylation sites (tertiary alicyclic amines) is 1. The zero-order chi connectivity index (χ0) is 19.5. The number of rotatable bonds is 5. The van der Waals surface area contributed by atoms with Crippen molar-refractivity contribution in [1.82, 2.24) is 10.2 Å². The third-order valence-electron chi connectivity index (χ3n) is 4.76. The van der Waals surface area contributed by atoms with Crippen molar-refractivity contribution in [3.05, 3.63) is 53.8 Å². The number of hydrogen-bond acceptors (Lipinski definition) is 4. The van der Waals surface area contributed by atoms with Gasteiger partial charge in [0.2, 0.25) is 12.7 Å². The first-order valence-electron chi connectivity index (χ1n) is 9.03. The highest BCUT2D eigenvalue weighted by Gasteiger charge is 2.29. The first-order chi connectivity index (χ1) is 13.6. The number of nitrogens with one attached hydrogen (secondary N) is 2. The molecule has 2 N–H and O–H groups in total. The number of ether oxygens (including phenoxy) is 2. The summed E-state index contributed by atoms with van der Waals surface area (Å²) in [6, 6.07) is 10.9. The van der Waals surface area contributed by atoms with Crippen LogP contribution in [0.4, 0.5) is 14.9 Å². The molecule has 0 aromatic heterocycles. The zero-order valence-corrected chi connectivity index (χ0v) is 15.1. The number of fused-ring (bicyclic) bond motifs is 1. The van der Waals surface area contributed by atoms with Gasteiger partial charge in [0.15, 0.2) is 11.5 Å². The van der Waals surface area contributed by atoms with Gasteiger partial charge in [-0.05, 0) is 29.8 Å². The average molecular weight is 385 g/mol. The molecule has 4 rings (SSSR count). The monoisotopic (exact) mass is 385 g/mol. The fourth-order valence-corrected chi connectivity index (χ4v) is 3.34. The predicted octanol–water partition coefficient (Wildman–Crippen LogP) is 2.72. The Morgan fingerprint density at radius 1 is 1.14 bits per heavy atom. The van der Waals surface area contributed by atoms with E-state index in [1.807, 2.05) is 0 Å². The molecule has 1 fully saturated rings. The number of amides is 3. The summed E-state index contributed by atoms with van der Waals surface area (Å²) in [4.78, 5) is 26.1. The number of carbonyl (C=O) groups excluding carboxylic acids is 2. The number of urea groups is 1. The smallest absolute Gasteiger partial charge is 0.319 e. The standard InChI is InChI=1S/C20H20FN3O4/c21-15-3-1-13(2-4-15)10-24-11-14(7-19(24)25)9-22-20(26)23-16-5-6-17-18(8-16)28-12-27-17/h1-6,8,14H,7,9-12H2,(H2,22,23,26)/t14-/m1/s1. The molecule has 1 saturated heterocycles. The van der Waals surface area contributed by atoms with Crippen LogP contribution in [-0.4, -0.2) is 36.7 Å². The van der Waals surface area contributed by atoms with Gasteiger partial charge in [-0.15, -0.1) is 0 Å². The maximum Gasteiger partial charge on any atom is 0.319 e. The van der Waals surface area contributed by atoms with Gasteiger partial charge in [0.1, 0.15) is 5.82 Å². The number of benzene rings is 2. The summed E-state index contributed by atoms with van der Waals surface area (Å²) < 4.78 is 23.5. The number of carbonyl (C=O) groups is 2. The van der Waals surface area contributed by atoms with Crippen molar-refractivity contribution in [3.63, 3.8) is 0 Å². The Kier molecular flexibility index (Phi) is 5.01. The van der Waals surface area contributed by atoms with E-state index in [-0.39, 0.29) is 30.5 Å². The SMILES string of the molecule is O=C(NC[C@H]1CC(=O)N(Cc2ccc(F)cc2)C1)Nc1ccc2c(c1)OCO2. The molecule has 2 aromatic carbocycles. The molecule has 1 atom stereocenters. The number of halogens is 1. The van der Waals surface area contributed by atoms with Crippen LogP contribution in [-0.2, 0) is 11.3 Å². The van der Waals surface area contributed by atoms with Gasteiger partial charge in [0.25, 0.3) is 0 Å². The van der Waals surface area contributed by atoms with Crippen molar-refractivity contribution in [1.29, 1.82) is 0 Å². The minimum atomic E-state index is -0.344. The molecule has 146 valence electrons. The number of anilines is 1. The van der Waals surface area contributed by atoms with E-state index in [4.69, 9.17) is 9.47 Å². The van der Waals surface area contributed by atoms with Crippen LogP contribution in [0.2, 0.25) is 0 Å². The van der Waals surface area contributed by atoms with Gasteiger partial charge in [-0.2, -0.15) is 0 Å². The molecule has 2 aliphatic heterocycles. The maximum absolute atomic E-state index is 13.0. The van der Waals surface area contributed by atoms with Crippen LogP contribution < -0.4 is 20.1 Å². The molecule has 7 nitrogen and oxygen atoms in total. The molecule has 2 aliphatic rings. The van der Waals surface area contributed by atoms with Crippen LogP contribution in [0.3, 0.4) is 0 Å². The molecule has 0 bridgehead atoms. The zero-order valence-electron chi connectivity index (χ0n) is 15.1. The Morgan fingerprint density at radius 3 is 2.75 bits per heavy atom. The molecule has 0 spiro atoms. The molecule has 0 unspecified atom stereocenters. The summed E-state index contributed by atoms with van der Waals surface area (Å²) in [6.45, 7) is 1.57. The first-order valence-corrected chi connectivity index (χ1v) is 9.03. The van der Waals surface area contributed by atoms with Gasteiger partial charge >= 0.3 is 6.03 Å². The molecule has 0 aliphatic carbocycles. The lowest BCUT2D eigenvalue weighted by molar-refractivity contribution is -0.128. The van der Waals surface area contributed by atoms with E-state index < -0.39 is 0 Å². The van der Waals surface area contributed by atoms with Crippen LogP contribution in [0.5, 0.6) is 11.5 Å². The highest BCUT2D eigenvalue weighted by atomic mass is 19.1. The second kappa shape index (κ2) is 7.75. The Morgan fingerprint density at radius 2 is 1.93 bits per heavy atom. The van der Waals surface area contributed by atoms with E-state index in [1.54, 1.807) is 35.2 Å². The Bertz CT molecular complexity index is 888. The van der Waals surface area contributed by atoms with Crippen LogP contribution in [0, 0.1) is 11.7 Å². The minimum Gasteiger partial charge on any atom is -0.454 e. The van der Waals surface area contributed by atoms with Crippen LogP contribution in [0.1, 0.15) is 12.0 Å². The lowest BCUT2D eigenvalue weighted by atomic mass is 10.1. The van der Waals surface area contributed by atoms with Crippen molar-refractivity contribution in [2.45, 2.75) is 13.0 Å². The van der Waals surface area contributed by atoms with Crippen molar-refractivity contribution >= 4 is 17.6 Å². The average Bonchev–Trinajstić information content (AvgIpc) is 3.28. The fourth-order valence-electron chi connectivity index (χ4n) is 3.34. The summed E-state index contributed by atoms with van der Waals surface area (Å²) in [7, 11) is 0. The van der Waals surface area contributed by atoms with Gasteiger partial charge in [-0.3, -0.25) is 4.79 Å². The second-order valence-electron chi connectivity index (χ2n) is 6.87. The third kappa shape index (κ3) is 4.16. The van der Waals surface area contributed by atoms with Crippen LogP contribution in [0.25, 0.3) is 0 Å². The number of hydrogen-bond donors (Lipinski definition) is 2. The molecule has 2 heterocycles. The van der Waals surface area contributed by atoms with Crippen molar-refractivity contribution in [3.8, 4) is 11.5 Å². The molecule has 8 heteroatoms. The summed E-state index contributed by atoms with van der Waals surface area (Å²) in [5, 5.41) is 5.55. The van der Waals surface area contributed by atoms with E-state index in [1.165, 1.54) is 12.1 Å². The summed E-state index contributed by atoms with van der Waals surface area (Å²) >= 11 is 0. The van der Waals surface area contributed by atoms with E-state index in [2.05, 4.69) is 10.6 Å². The molecular formula is C20H20FN3O4. The van der Waals surface area contributed by atoms with E-state index >= 15 is 0 Å². The molecular weight excluding hydrogens is 365 g/mol. The Hall–Kier alpha value is -3.29. The van der Waals surface area contributed by atoms with E-state index in [9.17, 15) is 14.0 Å². The van der Waals surface area contributed by atoms with Gasteiger partial charge in [-0.1, -0.05) is 12.1 Å². The molecule has 3 amide bonds. The van der Waals surface area contributed by atoms with Gasteiger partial charge in [0, 0.05) is 43.7 Å². The second-order valence-corrected chi connectivity index (χ2v) is 6.87. The first kappa shape index (κ1) is 18.1. The molecule has 0 saturated carbocycles. The highest BCUT2D eigenvalue weighted by Crippen LogP contribution is 2.34. The van der Waals surface area contributed by atoms with Gasteiger partial charge in [-0.25, -0.2) is 9.18 Å². The normalized spacial score (nSPS) is 17.7. The lowest BCUT2D eigenvalue weighted by Crippen LogP contribution is -2.34. The van der Waals surface area contributed by atoms with Crippen molar-refractivity contribution in [2.75, 3.05) is 25.2 Å². The van der Waals surface area contributed by atoms with Gasteiger partial charge < -0.3 is 25.0 Å². The summed E-state index contributed by atoms with van der Waals surface area (Å²) in [5.41, 5.74) is 1.48. The Labute approximate surface area is 161 Å². The molecule has 0 radical (unpaired) electrons. The minimum absolute atomic E-state index is 0.0345. The molecule has 2 aromatic rings. The molecule has 28 heavy (non-hydrogen) atoms.